The zero-order chi connectivity index (χ0) is 18.2. The highest BCUT2D eigenvalue weighted by Crippen LogP contribution is 2.16. The highest BCUT2D eigenvalue weighted by molar-refractivity contribution is 5.96. The van der Waals surface area contributed by atoms with Crippen LogP contribution in [0.2, 0.25) is 0 Å². The van der Waals surface area contributed by atoms with E-state index in [1.807, 2.05) is 37.3 Å². The van der Waals surface area contributed by atoms with Gasteiger partial charge in [0.15, 0.2) is 0 Å². The van der Waals surface area contributed by atoms with E-state index in [-0.39, 0.29) is 29.8 Å². The molecule has 0 aliphatic rings. The second kappa shape index (κ2) is 8.77. The lowest BCUT2D eigenvalue weighted by molar-refractivity contribution is -0.120. The van der Waals surface area contributed by atoms with E-state index in [1.165, 1.54) is 24.3 Å². The molecule has 2 aromatic rings. The maximum absolute atomic E-state index is 12.2. The summed E-state index contributed by atoms with van der Waals surface area (Å²) in [6.45, 7) is -1.36. The molecule has 0 fully saturated rings. The Morgan fingerprint density at radius 2 is 1.80 bits per heavy atom. The van der Waals surface area contributed by atoms with Crippen molar-refractivity contribution in [3.8, 4) is 5.75 Å². The van der Waals surface area contributed by atoms with Gasteiger partial charge in [0, 0.05) is 5.56 Å². The summed E-state index contributed by atoms with van der Waals surface area (Å²) in [5, 5.41) is 5.21. The average Bonchev–Trinajstić information content (AvgIpc) is 2.60. The SMILES string of the molecule is C[C@H](NC(=O)CNC(=O)c1cccc(OC(F)F)c1)c1ccccc1. The van der Waals surface area contributed by atoms with E-state index in [9.17, 15) is 18.4 Å². The Balaban J connectivity index is 1.86. The van der Waals surface area contributed by atoms with Crippen molar-refractivity contribution in [2.45, 2.75) is 19.6 Å². The number of carbonyl (C=O) groups excluding carboxylic acids is 2. The summed E-state index contributed by atoms with van der Waals surface area (Å²) < 4.78 is 28.6. The van der Waals surface area contributed by atoms with Crippen LogP contribution in [0.5, 0.6) is 5.75 Å². The van der Waals surface area contributed by atoms with Crippen LogP contribution in [0.1, 0.15) is 28.9 Å². The molecule has 0 saturated carbocycles. The predicted molar refractivity (Wildman–Crippen MR) is 88.4 cm³/mol. The summed E-state index contributed by atoms with van der Waals surface area (Å²) in [6, 6.07) is 14.6. The molecule has 0 heterocycles. The quantitative estimate of drug-likeness (QED) is 0.808. The minimum atomic E-state index is -2.97. The maximum atomic E-state index is 12.2. The van der Waals surface area contributed by atoms with Crippen LogP contribution in [-0.2, 0) is 4.79 Å². The molecule has 132 valence electrons. The van der Waals surface area contributed by atoms with Gasteiger partial charge in [-0.25, -0.2) is 0 Å². The van der Waals surface area contributed by atoms with E-state index in [1.54, 1.807) is 0 Å². The molecule has 7 heteroatoms. The van der Waals surface area contributed by atoms with E-state index >= 15 is 0 Å². The molecular weight excluding hydrogens is 330 g/mol. The van der Waals surface area contributed by atoms with Gasteiger partial charge in [-0.1, -0.05) is 36.4 Å². The summed E-state index contributed by atoms with van der Waals surface area (Å²) >= 11 is 0. The summed E-state index contributed by atoms with van der Waals surface area (Å²) in [6.07, 6.45) is 0. The van der Waals surface area contributed by atoms with Gasteiger partial charge in [-0.2, -0.15) is 8.78 Å². The molecular formula is C18H18F2N2O3. The first kappa shape index (κ1) is 18.4. The van der Waals surface area contributed by atoms with Crippen LogP contribution in [0.25, 0.3) is 0 Å². The zero-order valence-corrected chi connectivity index (χ0v) is 13.5. The standard InChI is InChI=1S/C18H18F2N2O3/c1-12(13-6-3-2-4-7-13)22-16(23)11-21-17(24)14-8-5-9-15(10-14)25-18(19)20/h2-10,12,18H,11H2,1H3,(H,21,24)(H,22,23)/t12-/m0/s1. The molecule has 0 aliphatic carbocycles. The van der Waals surface area contributed by atoms with Gasteiger partial charge in [-0.05, 0) is 30.7 Å². The molecule has 0 spiro atoms. The number of carbonyl (C=O) groups is 2. The molecule has 2 rings (SSSR count). The van der Waals surface area contributed by atoms with Crippen molar-refractivity contribution in [3.63, 3.8) is 0 Å². The van der Waals surface area contributed by atoms with Gasteiger partial charge in [-0.3, -0.25) is 9.59 Å². The third kappa shape index (κ3) is 5.87. The first-order chi connectivity index (χ1) is 12.0. The van der Waals surface area contributed by atoms with E-state index in [0.717, 1.165) is 5.56 Å². The van der Waals surface area contributed by atoms with Gasteiger partial charge >= 0.3 is 6.61 Å². The van der Waals surface area contributed by atoms with E-state index in [2.05, 4.69) is 15.4 Å². The normalized spacial score (nSPS) is 11.7. The largest absolute Gasteiger partial charge is 0.435 e. The molecule has 25 heavy (non-hydrogen) atoms. The predicted octanol–water partition coefficient (Wildman–Crippen LogP) is 2.90. The van der Waals surface area contributed by atoms with Crippen LogP contribution >= 0.6 is 0 Å². The van der Waals surface area contributed by atoms with Crippen molar-refractivity contribution < 1.29 is 23.1 Å². The molecule has 0 radical (unpaired) electrons. The Morgan fingerprint density at radius 3 is 2.48 bits per heavy atom. The average molecular weight is 348 g/mol. The molecule has 5 nitrogen and oxygen atoms in total. The molecule has 0 aliphatic heterocycles. The smallest absolute Gasteiger partial charge is 0.387 e. The fourth-order valence-electron chi connectivity index (χ4n) is 2.19. The van der Waals surface area contributed by atoms with E-state index < -0.39 is 12.5 Å². The summed E-state index contributed by atoms with van der Waals surface area (Å²) in [5.41, 5.74) is 1.07. The van der Waals surface area contributed by atoms with Gasteiger partial charge in [0.1, 0.15) is 5.75 Å². The van der Waals surface area contributed by atoms with Crippen LogP contribution in [-0.4, -0.2) is 25.0 Å². The maximum Gasteiger partial charge on any atom is 0.387 e. The summed E-state index contributed by atoms with van der Waals surface area (Å²) in [4.78, 5) is 23.9. The number of alkyl halides is 2. The minimum Gasteiger partial charge on any atom is -0.435 e. The van der Waals surface area contributed by atoms with Gasteiger partial charge in [-0.15, -0.1) is 0 Å². The number of ether oxygens (including phenoxy) is 1. The van der Waals surface area contributed by atoms with Gasteiger partial charge in [0.2, 0.25) is 5.91 Å². The van der Waals surface area contributed by atoms with Crippen LogP contribution in [0.4, 0.5) is 8.78 Å². The van der Waals surface area contributed by atoms with Crippen LogP contribution in [0.3, 0.4) is 0 Å². The van der Waals surface area contributed by atoms with Crippen molar-refractivity contribution in [1.82, 2.24) is 10.6 Å². The van der Waals surface area contributed by atoms with Gasteiger partial charge in [0.25, 0.3) is 5.91 Å². The molecule has 0 bridgehead atoms. The van der Waals surface area contributed by atoms with Crippen molar-refractivity contribution in [3.05, 3.63) is 65.7 Å². The van der Waals surface area contributed by atoms with Crippen LogP contribution in [0, 0.1) is 0 Å². The molecule has 0 unspecified atom stereocenters. The molecule has 0 saturated heterocycles. The number of hydrogen-bond donors (Lipinski definition) is 2. The first-order valence-electron chi connectivity index (χ1n) is 7.63. The Morgan fingerprint density at radius 1 is 1.08 bits per heavy atom. The number of benzene rings is 2. The lowest BCUT2D eigenvalue weighted by atomic mass is 10.1. The monoisotopic (exact) mass is 348 g/mol. The van der Waals surface area contributed by atoms with Crippen molar-refractivity contribution in [2.24, 2.45) is 0 Å². The Bertz CT molecular complexity index is 723. The fourth-order valence-corrected chi connectivity index (χ4v) is 2.19. The minimum absolute atomic E-state index is 0.121. The third-order valence-electron chi connectivity index (χ3n) is 3.41. The van der Waals surface area contributed by atoms with Crippen LogP contribution in [0.15, 0.2) is 54.6 Å². The Labute approximate surface area is 144 Å². The van der Waals surface area contributed by atoms with Crippen molar-refractivity contribution in [2.75, 3.05) is 6.54 Å². The molecule has 1 atom stereocenters. The lowest BCUT2D eigenvalue weighted by Crippen LogP contribution is -2.38. The Hall–Kier alpha value is -2.96. The fraction of sp³-hybridized carbons (Fsp3) is 0.222. The summed E-state index contributed by atoms with van der Waals surface area (Å²) in [7, 11) is 0. The lowest BCUT2D eigenvalue weighted by Gasteiger charge is -2.14. The van der Waals surface area contributed by atoms with E-state index in [4.69, 9.17) is 0 Å². The van der Waals surface area contributed by atoms with Gasteiger partial charge in [0.05, 0.1) is 12.6 Å². The number of amides is 2. The number of nitrogens with one attached hydrogen (secondary N) is 2. The van der Waals surface area contributed by atoms with Crippen molar-refractivity contribution >= 4 is 11.8 Å². The highest BCUT2D eigenvalue weighted by Gasteiger charge is 2.13. The highest BCUT2D eigenvalue weighted by atomic mass is 19.3. The van der Waals surface area contributed by atoms with Crippen molar-refractivity contribution in [1.29, 1.82) is 0 Å². The second-order valence-corrected chi connectivity index (χ2v) is 5.29. The number of hydrogen-bond acceptors (Lipinski definition) is 3. The molecule has 2 amide bonds. The molecule has 2 N–H and O–H groups in total. The topological polar surface area (TPSA) is 67.4 Å². The molecule has 0 aromatic heterocycles. The zero-order valence-electron chi connectivity index (χ0n) is 13.5. The number of halogens is 2. The van der Waals surface area contributed by atoms with Crippen LogP contribution < -0.4 is 15.4 Å². The Kier molecular flexibility index (Phi) is 6.45. The number of rotatable bonds is 7. The van der Waals surface area contributed by atoms with E-state index in [0.29, 0.717) is 0 Å². The second-order valence-electron chi connectivity index (χ2n) is 5.29. The third-order valence-corrected chi connectivity index (χ3v) is 3.41. The van der Waals surface area contributed by atoms with Gasteiger partial charge < -0.3 is 15.4 Å². The summed E-state index contributed by atoms with van der Waals surface area (Å²) in [5.74, 6) is -1.03. The molecule has 2 aromatic carbocycles. The first-order valence-corrected chi connectivity index (χ1v) is 7.63.